The lowest BCUT2D eigenvalue weighted by Gasteiger charge is -2.04. The Morgan fingerprint density at radius 1 is 0.913 bits per heavy atom. The first-order valence-corrected chi connectivity index (χ1v) is 9.05. The molecular formula is C19H30N4. The molecule has 0 atom stereocenters. The van der Waals surface area contributed by atoms with Crippen molar-refractivity contribution in [2.24, 2.45) is 0 Å². The van der Waals surface area contributed by atoms with E-state index in [0.717, 1.165) is 43.0 Å². The smallest absolute Gasteiger partial charge is 0.117 e. The molecule has 0 saturated heterocycles. The van der Waals surface area contributed by atoms with Crippen LogP contribution in [0.4, 0.5) is 0 Å². The van der Waals surface area contributed by atoms with Crippen LogP contribution in [0.3, 0.4) is 0 Å². The molecule has 4 nitrogen and oxygen atoms in total. The summed E-state index contributed by atoms with van der Waals surface area (Å²) in [5.74, 6) is 0. The van der Waals surface area contributed by atoms with Gasteiger partial charge >= 0.3 is 0 Å². The Hall–Kier alpha value is -1.68. The van der Waals surface area contributed by atoms with Gasteiger partial charge in [-0.3, -0.25) is 0 Å². The molecule has 0 aliphatic carbocycles. The summed E-state index contributed by atoms with van der Waals surface area (Å²) in [6.07, 6.45) is 7.60. The van der Waals surface area contributed by atoms with Crippen LogP contribution < -0.4 is 5.32 Å². The molecule has 1 aromatic heterocycles. The van der Waals surface area contributed by atoms with Gasteiger partial charge in [-0.25, -0.2) is 0 Å². The van der Waals surface area contributed by atoms with Crippen LogP contribution in [-0.4, -0.2) is 21.5 Å². The third-order valence-electron chi connectivity index (χ3n) is 3.95. The molecular weight excluding hydrogens is 284 g/mol. The molecule has 1 N–H and O–H groups in total. The number of nitrogens with zero attached hydrogens (tertiary/aromatic N) is 3. The summed E-state index contributed by atoms with van der Waals surface area (Å²) >= 11 is 0. The van der Waals surface area contributed by atoms with Crippen molar-refractivity contribution in [1.82, 2.24) is 20.3 Å². The highest BCUT2D eigenvalue weighted by molar-refractivity contribution is 5.60. The maximum Gasteiger partial charge on any atom is 0.117 e. The molecule has 23 heavy (non-hydrogen) atoms. The van der Waals surface area contributed by atoms with Crippen molar-refractivity contribution in [2.75, 3.05) is 6.54 Å². The number of aromatic nitrogens is 3. The van der Waals surface area contributed by atoms with Gasteiger partial charge in [0.1, 0.15) is 11.4 Å². The van der Waals surface area contributed by atoms with E-state index in [4.69, 9.17) is 0 Å². The number of rotatable bonds is 11. The van der Waals surface area contributed by atoms with E-state index in [-0.39, 0.29) is 0 Å². The van der Waals surface area contributed by atoms with Crippen molar-refractivity contribution in [2.45, 2.75) is 65.5 Å². The van der Waals surface area contributed by atoms with Crippen molar-refractivity contribution < 1.29 is 0 Å². The van der Waals surface area contributed by atoms with E-state index in [1.807, 2.05) is 10.9 Å². The molecule has 0 fully saturated rings. The molecule has 0 aliphatic heterocycles. The minimum atomic E-state index is 0.793. The van der Waals surface area contributed by atoms with Gasteiger partial charge in [-0.2, -0.15) is 15.0 Å². The minimum Gasteiger partial charge on any atom is -0.311 e. The molecule has 0 unspecified atom stereocenters. The van der Waals surface area contributed by atoms with Crippen LogP contribution >= 0.6 is 0 Å². The van der Waals surface area contributed by atoms with Gasteiger partial charge in [-0.1, -0.05) is 69.9 Å². The fourth-order valence-corrected chi connectivity index (χ4v) is 2.68. The number of benzene rings is 1. The van der Waals surface area contributed by atoms with Crippen molar-refractivity contribution in [3.8, 4) is 11.3 Å². The van der Waals surface area contributed by atoms with Crippen LogP contribution in [0.15, 0.2) is 30.3 Å². The number of hydrogen-bond acceptors (Lipinski definition) is 3. The van der Waals surface area contributed by atoms with Crippen LogP contribution in [0.1, 0.15) is 58.1 Å². The first-order chi connectivity index (χ1) is 11.3. The van der Waals surface area contributed by atoms with E-state index in [1.165, 1.54) is 32.1 Å². The summed E-state index contributed by atoms with van der Waals surface area (Å²) in [5, 5.41) is 12.9. The molecule has 0 radical (unpaired) electrons. The van der Waals surface area contributed by atoms with Gasteiger partial charge in [0.2, 0.25) is 0 Å². The first-order valence-electron chi connectivity index (χ1n) is 9.05. The number of nitrogens with one attached hydrogen (secondary N) is 1. The average Bonchev–Trinajstić information content (AvgIpc) is 2.98. The second-order valence-electron chi connectivity index (χ2n) is 6.05. The molecule has 1 heterocycles. The molecule has 4 heteroatoms. The molecule has 0 spiro atoms. The van der Waals surface area contributed by atoms with Crippen LogP contribution in [0.2, 0.25) is 0 Å². The molecule has 2 aromatic rings. The van der Waals surface area contributed by atoms with Crippen LogP contribution in [-0.2, 0) is 13.1 Å². The average molecular weight is 314 g/mol. The minimum absolute atomic E-state index is 0.793. The molecule has 1 aromatic carbocycles. The van der Waals surface area contributed by atoms with E-state index in [0.29, 0.717) is 0 Å². The Morgan fingerprint density at radius 3 is 2.43 bits per heavy atom. The van der Waals surface area contributed by atoms with Crippen molar-refractivity contribution in [3.63, 3.8) is 0 Å². The van der Waals surface area contributed by atoms with Gasteiger partial charge < -0.3 is 5.32 Å². The summed E-state index contributed by atoms with van der Waals surface area (Å²) in [5.41, 5.74) is 3.21. The normalized spacial score (nSPS) is 11.0. The Labute approximate surface area is 140 Å². The fourth-order valence-electron chi connectivity index (χ4n) is 2.68. The van der Waals surface area contributed by atoms with Gasteiger partial charge in [0.25, 0.3) is 0 Å². The third kappa shape index (κ3) is 5.79. The summed E-state index contributed by atoms with van der Waals surface area (Å²) < 4.78 is 0. The Bertz CT molecular complexity index is 548. The van der Waals surface area contributed by atoms with Crippen LogP contribution in [0.25, 0.3) is 11.3 Å². The van der Waals surface area contributed by atoms with Crippen LogP contribution in [0.5, 0.6) is 0 Å². The number of hydrogen-bond donors (Lipinski definition) is 1. The largest absolute Gasteiger partial charge is 0.311 e. The first kappa shape index (κ1) is 17.7. The Kier molecular flexibility index (Phi) is 7.81. The van der Waals surface area contributed by atoms with Gasteiger partial charge in [0, 0.05) is 12.1 Å². The van der Waals surface area contributed by atoms with Gasteiger partial charge in [-0.05, 0) is 19.4 Å². The monoisotopic (exact) mass is 314 g/mol. The summed E-state index contributed by atoms with van der Waals surface area (Å²) in [6, 6.07) is 10.4. The van der Waals surface area contributed by atoms with E-state index in [9.17, 15) is 0 Å². The molecule has 0 amide bonds. The predicted molar refractivity (Wildman–Crippen MR) is 96.2 cm³/mol. The van der Waals surface area contributed by atoms with Gasteiger partial charge in [-0.15, -0.1) is 0 Å². The van der Waals surface area contributed by atoms with Gasteiger partial charge in [0.15, 0.2) is 0 Å². The lowest BCUT2D eigenvalue weighted by Crippen LogP contribution is -2.16. The van der Waals surface area contributed by atoms with Crippen molar-refractivity contribution in [1.29, 1.82) is 0 Å². The fraction of sp³-hybridized carbons (Fsp3) is 0.579. The zero-order chi connectivity index (χ0) is 16.3. The summed E-state index contributed by atoms with van der Waals surface area (Å²) in [6.45, 7) is 7.12. The topological polar surface area (TPSA) is 42.7 Å². The maximum absolute atomic E-state index is 4.68. The zero-order valence-electron chi connectivity index (χ0n) is 14.6. The second-order valence-corrected chi connectivity index (χ2v) is 6.05. The third-order valence-corrected chi connectivity index (χ3v) is 3.95. The summed E-state index contributed by atoms with van der Waals surface area (Å²) in [7, 11) is 0. The lowest BCUT2D eigenvalue weighted by molar-refractivity contribution is 0.518. The zero-order valence-corrected chi connectivity index (χ0v) is 14.6. The molecule has 0 saturated carbocycles. The quantitative estimate of drug-likeness (QED) is 0.625. The van der Waals surface area contributed by atoms with Gasteiger partial charge in [0.05, 0.1) is 6.54 Å². The van der Waals surface area contributed by atoms with Crippen molar-refractivity contribution in [3.05, 3.63) is 36.0 Å². The highest BCUT2D eigenvalue weighted by Gasteiger charge is 2.12. The number of aryl methyl sites for hydroxylation is 1. The van der Waals surface area contributed by atoms with E-state index < -0.39 is 0 Å². The highest BCUT2D eigenvalue weighted by Crippen LogP contribution is 2.20. The number of unbranched alkanes of at least 4 members (excludes halogenated alkanes) is 4. The summed E-state index contributed by atoms with van der Waals surface area (Å²) in [4.78, 5) is 1.83. The van der Waals surface area contributed by atoms with E-state index in [1.54, 1.807) is 0 Å². The lowest BCUT2D eigenvalue weighted by atomic mass is 10.1. The molecule has 0 bridgehead atoms. The van der Waals surface area contributed by atoms with Crippen molar-refractivity contribution >= 4 is 0 Å². The predicted octanol–water partition coefficient (Wildman–Crippen LogP) is 4.42. The molecule has 0 aliphatic rings. The Morgan fingerprint density at radius 2 is 1.70 bits per heavy atom. The maximum atomic E-state index is 4.68. The second kappa shape index (κ2) is 10.2. The SMILES string of the molecule is CCCCCCCNCc1nn(CCC)nc1-c1ccccc1. The van der Waals surface area contributed by atoms with E-state index in [2.05, 4.69) is 53.6 Å². The van der Waals surface area contributed by atoms with E-state index >= 15 is 0 Å². The molecule has 2 rings (SSSR count). The van der Waals surface area contributed by atoms with Crippen LogP contribution in [0, 0.1) is 0 Å². The highest BCUT2D eigenvalue weighted by atomic mass is 15.5. The molecule has 126 valence electrons. The Balaban J connectivity index is 1.92. The standard InChI is InChI=1S/C19H30N4/c1-3-5-6-7-11-14-20-16-18-19(17-12-9-8-10-13-17)22-23(21-18)15-4-2/h8-10,12-13,20H,3-7,11,14-16H2,1-2H3.